The van der Waals surface area contributed by atoms with Crippen molar-refractivity contribution in [2.45, 2.75) is 26.2 Å². The summed E-state index contributed by atoms with van der Waals surface area (Å²) in [6.07, 6.45) is 7.45. The quantitative estimate of drug-likeness (QED) is 0.648. The maximum absolute atomic E-state index is 4.71. The van der Waals surface area contributed by atoms with Crippen LogP contribution in [0.3, 0.4) is 0 Å². The first-order valence-corrected chi connectivity index (χ1v) is 7.12. The Kier molecular flexibility index (Phi) is 3.77. The van der Waals surface area contributed by atoms with Gasteiger partial charge in [0.05, 0.1) is 0 Å². The normalized spacial score (nSPS) is 11.1. The van der Waals surface area contributed by atoms with Gasteiger partial charge in [-0.3, -0.25) is 4.57 Å². The zero-order chi connectivity index (χ0) is 13.8. The molecule has 0 fully saturated rings. The molecule has 20 heavy (non-hydrogen) atoms. The number of unbranched alkanes of at least 4 members (excludes halogenated alkanes) is 2. The summed E-state index contributed by atoms with van der Waals surface area (Å²) in [5.74, 6) is 0.985. The Morgan fingerprint density at radius 1 is 1.10 bits per heavy atom. The van der Waals surface area contributed by atoms with Crippen molar-refractivity contribution in [3.8, 4) is 5.69 Å². The largest absolute Gasteiger partial charge is 0.280 e. The predicted molar refractivity (Wildman–Crippen MR) is 81.8 cm³/mol. The number of pyridine rings is 1. The Hall–Kier alpha value is -2.16. The van der Waals surface area contributed by atoms with E-state index in [1.54, 1.807) is 0 Å². The van der Waals surface area contributed by atoms with E-state index in [0.717, 1.165) is 29.1 Å². The Labute approximate surface area is 119 Å². The number of hydrogen-bond acceptors (Lipinski definition) is 2. The topological polar surface area (TPSA) is 30.7 Å². The molecule has 1 radical (unpaired) electrons. The molecule has 0 aliphatic rings. The highest BCUT2D eigenvalue weighted by molar-refractivity contribution is 5.74. The highest BCUT2D eigenvalue weighted by Crippen LogP contribution is 2.21. The maximum Gasteiger partial charge on any atom is 0.164 e. The maximum atomic E-state index is 4.71. The number of imidazole rings is 1. The van der Waals surface area contributed by atoms with E-state index in [1.165, 1.54) is 12.8 Å². The van der Waals surface area contributed by atoms with Crippen molar-refractivity contribution in [3.05, 3.63) is 60.9 Å². The molecule has 3 aromatic rings. The predicted octanol–water partition coefficient (Wildman–Crippen LogP) is 4.16. The number of nitrogens with zero attached hydrogens (tertiary/aromatic N) is 3. The van der Waals surface area contributed by atoms with Crippen molar-refractivity contribution >= 4 is 11.2 Å². The number of fused-ring (bicyclic) bond motifs is 1. The number of benzene rings is 1. The van der Waals surface area contributed by atoms with E-state index in [9.17, 15) is 0 Å². The number of para-hydroxylation sites is 1. The highest BCUT2D eigenvalue weighted by atomic mass is 15.1. The van der Waals surface area contributed by atoms with Gasteiger partial charge in [-0.25, -0.2) is 9.97 Å². The lowest BCUT2D eigenvalue weighted by atomic mass is 10.2. The molecule has 0 aliphatic heterocycles. The third-order valence-electron chi connectivity index (χ3n) is 3.34. The van der Waals surface area contributed by atoms with Crippen molar-refractivity contribution in [1.82, 2.24) is 14.5 Å². The molecular weight excluding hydrogens is 246 g/mol. The Morgan fingerprint density at radius 3 is 2.75 bits per heavy atom. The van der Waals surface area contributed by atoms with Gasteiger partial charge in [0.1, 0.15) is 11.3 Å². The molecule has 3 nitrogen and oxygen atoms in total. The summed E-state index contributed by atoms with van der Waals surface area (Å²) in [5.41, 5.74) is 2.97. The van der Waals surface area contributed by atoms with Crippen LogP contribution in [0.1, 0.15) is 32.0 Å². The molecule has 0 N–H and O–H groups in total. The average molecular weight is 264 g/mol. The Balaban J connectivity index is 2.09. The van der Waals surface area contributed by atoms with Crippen LogP contribution in [0.15, 0.2) is 48.7 Å². The SMILES string of the molecule is CCCC[CH]c1nc2cccnc2n1-c1ccccc1. The van der Waals surface area contributed by atoms with E-state index in [0.29, 0.717) is 0 Å². The van der Waals surface area contributed by atoms with Gasteiger partial charge in [-0.15, -0.1) is 0 Å². The minimum atomic E-state index is 0.918. The molecule has 0 saturated heterocycles. The van der Waals surface area contributed by atoms with Crippen LogP contribution in [0.25, 0.3) is 16.9 Å². The van der Waals surface area contributed by atoms with Crippen molar-refractivity contribution < 1.29 is 0 Å². The zero-order valence-corrected chi connectivity index (χ0v) is 11.7. The third kappa shape index (κ3) is 2.44. The molecule has 0 atom stereocenters. The average Bonchev–Trinajstić information content (AvgIpc) is 2.86. The summed E-state index contributed by atoms with van der Waals surface area (Å²) in [6, 6.07) is 14.2. The van der Waals surface area contributed by atoms with Crippen molar-refractivity contribution in [2.24, 2.45) is 0 Å². The third-order valence-corrected chi connectivity index (χ3v) is 3.34. The monoisotopic (exact) mass is 264 g/mol. The fourth-order valence-electron chi connectivity index (χ4n) is 2.33. The molecule has 0 saturated carbocycles. The fourth-order valence-corrected chi connectivity index (χ4v) is 2.33. The number of hydrogen-bond donors (Lipinski definition) is 0. The van der Waals surface area contributed by atoms with Crippen LogP contribution in [0.2, 0.25) is 0 Å². The molecule has 0 spiro atoms. The van der Waals surface area contributed by atoms with Gasteiger partial charge < -0.3 is 0 Å². The van der Waals surface area contributed by atoms with Crippen LogP contribution in [0, 0.1) is 6.42 Å². The second kappa shape index (κ2) is 5.87. The summed E-state index contributed by atoms with van der Waals surface area (Å²) in [6.45, 7) is 2.20. The van der Waals surface area contributed by atoms with Crippen LogP contribution in [0.4, 0.5) is 0 Å². The van der Waals surface area contributed by atoms with E-state index in [2.05, 4.69) is 35.0 Å². The summed E-state index contributed by atoms with van der Waals surface area (Å²) in [5, 5.41) is 0. The molecule has 2 heterocycles. The van der Waals surface area contributed by atoms with Crippen LogP contribution in [-0.4, -0.2) is 14.5 Å². The zero-order valence-electron chi connectivity index (χ0n) is 11.7. The molecule has 0 aliphatic carbocycles. The lowest BCUT2D eigenvalue weighted by Gasteiger charge is -2.08. The molecule has 1 aromatic carbocycles. The summed E-state index contributed by atoms with van der Waals surface area (Å²) >= 11 is 0. The fraction of sp³-hybridized carbons (Fsp3) is 0.235. The van der Waals surface area contributed by atoms with Gasteiger partial charge in [0.15, 0.2) is 5.65 Å². The summed E-state index contributed by atoms with van der Waals surface area (Å²) in [7, 11) is 0. The molecular formula is C17H18N3. The van der Waals surface area contributed by atoms with Gasteiger partial charge in [0, 0.05) is 18.3 Å². The van der Waals surface area contributed by atoms with Gasteiger partial charge in [-0.05, 0) is 30.7 Å². The van der Waals surface area contributed by atoms with Crippen LogP contribution in [0.5, 0.6) is 0 Å². The summed E-state index contributed by atoms with van der Waals surface area (Å²) in [4.78, 5) is 9.19. The van der Waals surface area contributed by atoms with Crippen molar-refractivity contribution in [3.63, 3.8) is 0 Å². The summed E-state index contributed by atoms with van der Waals surface area (Å²) < 4.78 is 2.13. The van der Waals surface area contributed by atoms with Crippen LogP contribution >= 0.6 is 0 Å². The minimum Gasteiger partial charge on any atom is -0.280 e. The molecule has 3 rings (SSSR count). The minimum absolute atomic E-state index is 0.918. The lowest BCUT2D eigenvalue weighted by molar-refractivity contribution is 0.775. The number of aromatic nitrogens is 3. The first-order chi connectivity index (χ1) is 9.90. The van der Waals surface area contributed by atoms with Gasteiger partial charge >= 0.3 is 0 Å². The molecule has 0 amide bonds. The Bertz CT molecular complexity index is 686. The molecule has 101 valence electrons. The first kappa shape index (κ1) is 12.9. The second-order valence-electron chi connectivity index (χ2n) is 4.83. The van der Waals surface area contributed by atoms with Crippen LogP contribution < -0.4 is 0 Å². The van der Waals surface area contributed by atoms with Crippen molar-refractivity contribution in [1.29, 1.82) is 0 Å². The van der Waals surface area contributed by atoms with Crippen LogP contribution in [-0.2, 0) is 0 Å². The molecule has 3 heteroatoms. The smallest absolute Gasteiger partial charge is 0.164 e. The number of rotatable bonds is 5. The van der Waals surface area contributed by atoms with E-state index >= 15 is 0 Å². The van der Waals surface area contributed by atoms with Crippen molar-refractivity contribution in [2.75, 3.05) is 0 Å². The molecule has 0 bridgehead atoms. The highest BCUT2D eigenvalue weighted by Gasteiger charge is 2.12. The van der Waals surface area contributed by atoms with E-state index in [4.69, 9.17) is 4.98 Å². The van der Waals surface area contributed by atoms with Gasteiger partial charge in [0.25, 0.3) is 0 Å². The van der Waals surface area contributed by atoms with Gasteiger partial charge in [0.2, 0.25) is 0 Å². The second-order valence-corrected chi connectivity index (χ2v) is 4.83. The van der Waals surface area contributed by atoms with E-state index in [1.807, 2.05) is 36.5 Å². The van der Waals surface area contributed by atoms with Gasteiger partial charge in [-0.2, -0.15) is 0 Å². The lowest BCUT2D eigenvalue weighted by Crippen LogP contribution is -2.00. The Morgan fingerprint density at radius 2 is 1.95 bits per heavy atom. The van der Waals surface area contributed by atoms with E-state index in [-0.39, 0.29) is 0 Å². The van der Waals surface area contributed by atoms with E-state index < -0.39 is 0 Å². The standard InChI is InChI=1S/C17H18N3/c1-2-3-5-12-16-19-15-11-8-13-18-17(15)20(16)14-9-6-4-7-10-14/h4,6-13H,2-3,5H2,1H3. The van der Waals surface area contributed by atoms with Gasteiger partial charge in [-0.1, -0.05) is 38.0 Å². The molecule has 0 unspecified atom stereocenters. The molecule has 2 aromatic heterocycles. The first-order valence-electron chi connectivity index (χ1n) is 7.12.